The second-order valence-electron chi connectivity index (χ2n) is 6.42. The van der Waals surface area contributed by atoms with Gasteiger partial charge in [0.05, 0.1) is 11.3 Å². The average molecular weight is 287 g/mol. The van der Waals surface area contributed by atoms with Gasteiger partial charge in [-0.15, -0.1) is 0 Å². The Hall–Kier alpha value is -1.84. The fraction of sp³-hybridized carbons (Fsp3) is 0.529. The van der Waals surface area contributed by atoms with Crippen molar-refractivity contribution in [3.8, 4) is 0 Å². The van der Waals surface area contributed by atoms with E-state index >= 15 is 0 Å². The van der Waals surface area contributed by atoms with Crippen LogP contribution >= 0.6 is 0 Å². The van der Waals surface area contributed by atoms with E-state index in [1.807, 2.05) is 32.0 Å². The highest BCUT2D eigenvalue weighted by Crippen LogP contribution is 2.49. The Kier molecular flexibility index (Phi) is 3.27. The molecule has 0 aromatic heterocycles. The number of fused-ring (bicyclic) bond motifs is 1. The molecule has 1 heterocycles. The summed E-state index contributed by atoms with van der Waals surface area (Å²) < 4.78 is 0. The zero-order valence-corrected chi connectivity index (χ0v) is 12.6. The van der Waals surface area contributed by atoms with E-state index in [9.17, 15) is 14.7 Å². The van der Waals surface area contributed by atoms with E-state index in [1.54, 1.807) is 4.90 Å². The summed E-state index contributed by atoms with van der Waals surface area (Å²) in [5.74, 6) is -1.17. The van der Waals surface area contributed by atoms with Gasteiger partial charge < -0.3 is 10.0 Å². The molecule has 1 amide bonds. The molecule has 112 valence electrons. The molecule has 1 aliphatic carbocycles. The van der Waals surface area contributed by atoms with Crippen molar-refractivity contribution in [1.29, 1.82) is 0 Å². The maximum absolute atomic E-state index is 12.8. The van der Waals surface area contributed by atoms with Gasteiger partial charge in [-0.2, -0.15) is 0 Å². The molecule has 2 aliphatic rings. The molecule has 21 heavy (non-hydrogen) atoms. The molecule has 1 aliphatic heterocycles. The molecule has 0 bridgehead atoms. The first-order chi connectivity index (χ1) is 9.97. The van der Waals surface area contributed by atoms with Crippen LogP contribution in [0.3, 0.4) is 0 Å². The van der Waals surface area contributed by atoms with E-state index in [0.717, 1.165) is 29.7 Å². The van der Waals surface area contributed by atoms with Crippen molar-refractivity contribution in [2.75, 3.05) is 11.4 Å². The monoisotopic (exact) mass is 287 g/mol. The summed E-state index contributed by atoms with van der Waals surface area (Å²) in [6.45, 7) is 4.27. The molecule has 1 aromatic rings. The van der Waals surface area contributed by atoms with Crippen LogP contribution in [0.25, 0.3) is 0 Å². The average Bonchev–Trinajstić information content (AvgIpc) is 2.74. The fourth-order valence-corrected chi connectivity index (χ4v) is 4.08. The van der Waals surface area contributed by atoms with E-state index in [1.165, 1.54) is 0 Å². The van der Waals surface area contributed by atoms with Gasteiger partial charge in [-0.1, -0.05) is 31.0 Å². The molecule has 2 atom stereocenters. The Morgan fingerprint density at radius 1 is 1.29 bits per heavy atom. The molecule has 4 nitrogen and oxygen atoms in total. The second kappa shape index (κ2) is 4.86. The van der Waals surface area contributed by atoms with Crippen LogP contribution in [-0.2, 0) is 9.59 Å². The van der Waals surface area contributed by atoms with Gasteiger partial charge in [-0.3, -0.25) is 9.59 Å². The number of aryl methyl sites for hydroxylation is 2. The second-order valence-corrected chi connectivity index (χ2v) is 6.42. The van der Waals surface area contributed by atoms with Crippen molar-refractivity contribution in [1.82, 2.24) is 0 Å². The van der Waals surface area contributed by atoms with E-state index in [-0.39, 0.29) is 11.8 Å². The van der Waals surface area contributed by atoms with Gasteiger partial charge >= 0.3 is 5.97 Å². The first-order valence-corrected chi connectivity index (χ1v) is 7.58. The first-order valence-electron chi connectivity index (χ1n) is 7.58. The number of hydrogen-bond acceptors (Lipinski definition) is 2. The Labute approximate surface area is 124 Å². The van der Waals surface area contributed by atoms with Gasteiger partial charge in [0, 0.05) is 12.2 Å². The lowest BCUT2D eigenvalue weighted by Gasteiger charge is -2.32. The third-order valence-corrected chi connectivity index (χ3v) is 5.17. The van der Waals surface area contributed by atoms with Crippen LogP contribution in [0, 0.1) is 25.2 Å². The number of aliphatic carboxylic acids is 1. The lowest BCUT2D eigenvalue weighted by atomic mass is 9.68. The normalized spacial score (nSPS) is 28.6. The number of amides is 1. The molecule has 3 rings (SSSR count). The summed E-state index contributed by atoms with van der Waals surface area (Å²) >= 11 is 0. The predicted molar refractivity (Wildman–Crippen MR) is 80.3 cm³/mol. The summed E-state index contributed by atoms with van der Waals surface area (Å²) in [6.07, 6.45) is 3.16. The van der Waals surface area contributed by atoms with Crippen molar-refractivity contribution < 1.29 is 14.7 Å². The number of hydrogen-bond donors (Lipinski definition) is 1. The van der Waals surface area contributed by atoms with Gasteiger partial charge in [-0.25, -0.2) is 0 Å². The summed E-state index contributed by atoms with van der Waals surface area (Å²) in [7, 11) is 0. The van der Waals surface area contributed by atoms with E-state index in [4.69, 9.17) is 0 Å². The van der Waals surface area contributed by atoms with Gasteiger partial charge in [0.15, 0.2) is 0 Å². The standard InChI is InChI=1S/C17H21NO3/c1-11-6-5-7-12(2)14(11)18-10-17(16(20)21)9-4-3-8-13(17)15(18)19/h5-7,13H,3-4,8-10H2,1-2H3,(H,20,21). The van der Waals surface area contributed by atoms with Gasteiger partial charge in [0.1, 0.15) is 0 Å². The van der Waals surface area contributed by atoms with Crippen molar-refractivity contribution in [3.05, 3.63) is 29.3 Å². The minimum atomic E-state index is -0.885. The lowest BCUT2D eigenvalue weighted by Crippen LogP contribution is -2.41. The number of anilines is 1. The molecular weight excluding hydrogens is 266 g/mol. The van der Waals surface area contributed by atoms with Crippen LogP contribution in [0.4, 0.5) is 5.69 Å². The third kappa shape index (κ3) is 1.96. The molecule has 1 N–H and O–H groups in total. The van der Waals surface area contributed by atoms with E-state index in [0.29, 0.717) is 19.4 Å². The summed E-state index contributed by atoms with van der Waals surface area (Å²) in [6, 6.07) is 5.92. The van der Waals surface area contributed by atoms with Crippen LogP contribution in [0.15, 0.2) is 18.2 Å². The highest BCUT2D eigenvalue weighted by molar-refractivity contribution is 6.03. The summed E-state index contributed by atoms with van der Waals surface area (Å²) in [5.41, 5.74) is 2.08. The van der Waals surface area contributed by atoms with Crippen molar-refractivity contribution >= 4 is 17.6 Å². The van der Waals surface area contributed by atoms with Gasteiger partial charge in [0.2, 0.25) is 5.91 Å². The molecule has 1 aromatic carbocycles. The van der Waals surface area contributed by atoms with Crippen LogP contribution < -0.4 is 4.90 Å². The molecule has 2 unspecified atom stereocenters. The molecule has 1 saturated carbocycles. The number of nitrogens with zero attached hydrogens (tertiary/aromatic N) is 1. The quantitative estimate of drug-likeness (QED) is 0.910. The number of carbonyl (C=O) groups is 2. The smallest absolute Gasteiger partial charge is 0.312 e. The zero-order valence-electron chi connectivity index (χ0n) is 12.6. The van der Waals surface area contributed by atoms with E-state index in [2.05, 4.69) is 0 Å². The minimum absolute atomic E-state index is 0.00509. The van der Waals surface area contributed by atoms with Crippen molar-refractivity contribution in [2.24, 2.45) is 11.3 Å². The molecule has 0 radical (unpaired) electrons. The number of benzene rings is 1. The molecular formula is C17H21NO3. The minimum Gasteiger partial charge on any atom is -0.481 e. The maximum atomic E-state index is 12.8. The molecule has 2 fully saturated rings. The van der Waals surface area contributed by atoms with Gasteiger partial charge in [0.25, 0.3) is 0 Å². The molecule has 0 spiro atoms. The fourth-order valence-electron chi connectivity index (χ4n) is 4.08. The number of carboxylic acids is 1. The van der Waals surface area contributed by atoms with Crippen molar-refractivity contribution in [2.45, 2.75) is 39.5 Å². The number of carboxylic acid groups (broad SMARTS) is 1. The number of para-hydroxylation sites is 1. The summed E-state index contributed by atoms with van der Waals surface area (Å²) in [4.78, 5) is 26.4. The Morgan fingerprint density at radius 3 is 2.52 bits per heavy atom. The van der Waals surface area contributed by atoms with Gasteiger partial charge in [-0.05, 0) is 37.8 Å². The zero-order chi connectivity index (χ0) is 15.2. The Bertz CT molecular complexity index is 590. The highest BCUT2D eigenvalue weighted by atomic mass is 16.4. The van der Waals surface area contributed by atoms with Crippen LogP contribution in [0.5, 0.6) is 0 Å². The topological polar surface area (TPSA) is 57.6 Å². The number of carbonyl (C=O) groups excluding carboxylic acids is 1. The molecule has 1 saturated heterocycles. The Morgan fingerprint density at radius 2 is 1.95 bits per heavy atom. The predicted octanol–water partition coefficient (Wildman–Crippen LogP) is 2.91. The Balaban J connectivity index is 2.07. The van der Waals surface area contributed by atoms with E-state index < -0.39 is 11.4 Å². The maximum Gasteiger partial charge on any atom is 0.312 e. The van der Waals surface area contributed by atoms with Crippen LogP contribution in [-0.4, -0.2) is 23.5 Å². The first kappa shape index (κ1) is 14.1. The summed E-state index contributed by atoms with van der Waals surface area (Å²) in [5, 5.41) is 9.74. The van der Waals surface area contributed by atoms with Crippen LogP contribution in [0.2, 0.25) is 0 Å². The SMILES string of the molecule is Cc1cccc(C)c1N1CC2(C(=O)O)CCCCC2C1=O. The lowest BCUT2D eigenvalue weighted by molar-refractivity contribution is -0.154. The number of rotatable bonds is 2. The highest BCUT2D eigenvalue weighted by Gasteiger charge is 2.58. The molecule has 4 heteroatoms. The van der Waals surface area contributed by atoms with Crippen molar-refractivity contribution in [3.63, 3.8) is 0 Å². The largest absolute Gasteiger partial charge is 0.481 e. The van der Waals surface area contributed by atoms with Crippen LogP contribution in [0.1, 0.15) is 36.8 Å². The third-order valence-electron chi connectivity index (χ3n) is 5.17.